The van der Waals surface area contributed by atoms with Gasteiger partial charge in [0, 0.05) is 25.7 Å². The van der Waals surface area contributed by atoms with Crippen LogP contribution in [0.5, 0.6) is 0 Å². The molecule has 99 valence electrons. The van der Waals surface area contributed by atoms with E-state index in [1.165, 1.54) is 12.1 Å². The van der Waals surface area contributed by atoms with Crippen LogP contribution in [0.3, 0.4) is 0 Å². The van der Waals surface area contributed by atoms with E-state index in [1.54, 1.807) is 11.9 Å². The molecule has 19 heavy (non-hydrogen) atoms. The summed E-state index contributed by atoms with van der Waals surface area (Å²) in [5.41, 5.74) is -0.709. The largest absolute Gasteiger partial charge is 0.316 e. The van der Waals surface area contributed by atoms with Crippen molar-refractivity contribution in [1.82, 2.24) is 14.9 Å². The van der Waals surface area contributed by atoms with Gasteiger partial charge in [0.2, 0.25) is 0 Å². The van der Waals surface area contributed by atoms with Gasteiger partial charge in [-0.15, -0.1) is 0 Å². The second-order valence-electron chi connectivity index (χ2n) is 4.21. The first-order chi connectivity index (χ1) is 8.88. The van der Waals surface area contributed by atoms with Crippen LogP contribution in [0, 0.1) is 17.2 Å². The number of fused-ring (bicyclic) bond motifs is 1. The first-order valence-electron chi connectivity index (χ1n) is 5.33. The van der Waals surface area contributed by atoms with Gasteiger partial charge in [0.1, 0.15) is 0 Å². The fraction of sp³-hybridized carbons (Fsp3) is 0.182. The van der Waals surface area contributed by atoms with Gasteiger partial charge in [-0.1, -0.05) is 0 Å². The molecule has 8 nitrogen and oxygen atoms in total. The highest BCUT2D eigenvalue weighted by molar-refractivity contribution is 5.80. The number of rotatable bonds is 3. The number of aromatic nitrogens is 2. The Morgan fingerprint density at radius 3 is 2.53 bits per heavy atom. The van der Waals surface area contributed by atoms with E-state index in [4.69, 9.17) is 0 Å². The van der Waals surface area contributed by atoms with Crippen molar-refractivity contribution < 1.29 is 4.92 Å². The Kier molecular flexibility index (Phi) is 3.17. The molecule has 8 heteroatoms. The number of benzene rings is 1. The topological polar surface area (TPSA) is 112 Å². The molecule has 0 aliphatic carbocycles. The van der Waals surface area contributed by atoms with E-state index in [1.807, 2.05) is 0 Å². The van der Waals surface area contributed by atoms with E-state index >= 15 is 0 Å². The van der Waals surface area contributed by atoms with Gasteiger partial charge in [-0.2, -0.15) is 0 Å². The van der Waals surface area contributed by atoms with Crippen LogP contribution >= 0.6 is 0 Å². The minimum atomic E-state index is -0.845. The van der Waals surface area contributed by atoms with E-state index in [9.17, 15) is 19.7 Å². The molecular weight excluding hydrogens is 252 g/mol. The van der Waals surface area contributed by atoms with Gasteiger partial charge >= 0.3 is 11.1 Å². The summed E-state index contributed by atoms with van der Waals surface area (Å²) in [4.78, 5) is 39.2. The fourth-order valence-electron chi connectivity index (χ4n) is 1.80. The molecule has 0 saturated carbocycles. The van der Waals surface area contributed by atoms with Crippen molar-refractivity contribution in [2.45, 2.75) is 6.54 Å². The third kappa shape index (κ3) is 2.52. The maximum absolute atomic E-state index is 11.3. The van der Waals surface area contributed by atoms with Crippen LogP contribution in [0.4, 0.5) is 5.69 Å². The molecule has 1 aromatic carbocycles. The molecule has 0 amide bonds. The van der Waals surface area contributed by atoms with Gasteiger partial charge < -0.3 is 14.9 Å². The Bertz CT molecular complexity index is 759. The number of hydrogen-bond acceptors (Lipinski definition) is 5. The highest BCUT2D eigenvalue weighted by atomic mass is 16.6. The molecule has 0 saturated heterocycles. The van der Waals surface area contributed by atoms with Gasteiger partial charge in [-0.05, 0) is 12.6 Å². The highest BCUT2D eigenvalue weighted by Gasteiger charge is 2.14. The van der Waals surface area contributed by atoms with Gasteiger partial charge in [0.05, 0.1) is 16.0 Å². The minimum absolute atomic E-state index is 0.160. The lowest BCUT2D eigenvalue weighted by Crippen LogP contribution is -2.29. The SMILES string of the molecule is [CH2]N(C)Cc1cc([N+](=O)[O-])cc2[nH]c(=O)c(=O)[nH]c12. The molecule has 1 radical (unpaired) electrons. The number of nitro benzene ring substituents is 1. The molecule has 0 spiro atoms. The molecule has 0 aliphatic rings. The number of nitrogens with zero attached hydrogens (tertiary/aromatic N) is 2. The Morgan fingerprint density at radius 2 is 1.95 bits per heavy atom. The number of H-pyrrole nitrogens is 2. The molecule has 2 aromatic rings. The van der Waals surface area contributed by atoms with Gasteiger partial charge in [0.15, 0.2) is 0 Å². The predicted molar refractivity (Wildman–Crippen MR) is 68.7 cm³/mol. The fourth-order valence-corrected chi connectivity index (χ4v) is 1.80. The van der Waals surface area contributed by atoms with Gasteiger partial charge in [-0.3, -0.25) is 19.7 Å². The van der Waals surface area contributed by atoms with Crippen LogP contribution in [0.1, 0.15) is 5.56 Å². The van der Waals surface area contributed by atoms with Gasteiger partial charge in [-0.25, -0.2) is 0 Å². The lowest BCUT2D eigenvalue weighted by atomic mass is 10.1. The average Bonchev–Trinajstić information content (AvgIpc) is 2.30. The Hall–Kier alpha value is -2.48. The van der Waals surface area contributed by atoms with Crippen molar-refractivity contribution in [3.05, 3.63) is 55.6 Å². The summed E-state index contributed by atoms with van der Waals surface area (Å²) in [7, 11) is 5.34. The second-order valence-corrected chi connectivity index (χ2v) is 4.21. The van der Waals surface area contributed by atoms with E-state index in [2.05, 4.69) is 17.0 Å². The predicted octanol–water partition coefficient (Wildman–Crippen LogP) is 0.348. The molecule has 1 aromatic heterocycles. The van der Waals surface area contributed by atoms with Crippen LogP contribution < -0.4 is 11.1 Å². The summed E-state index contributed by atoms with van der Waals surface area (Å²) in [6, 6.07) is 2.55. The number of hydrogen-bond donors (Lipinski definition) is 2. The van der Waals surface area contributed by atoms with Crippen LogP contribution in [-0.2, 0) is 6.54 Å². The number of nitro groups is 1. The summed E-state index contributed by atoms with van der Waals surface area (Å²) >= 11 is 0. The Labute approximate surface area is 106 Å². The Morgan fingerprint density at radius 1 is 1.32 bits per heavy atom. The van der Waals surface area contributed by atoms with Crippen LogP contribution in [0.25, 0.3) is 11.0 Å². The van der Waals surface area contributed by atoms with E-state index in [0.717, 1.165) is 0 Å². The zero-order chi connectivity index (χ0) is 14.2. The summed E-state index contributed by atoms with van der Waals surface area (Å²) < 4.78 is 0. The zero-order valence-electron chi connectivity index (χ0n) is 10.1. The molecule has 0 bridgehead atoms. The maximum Gasteiger partial charge on any atom is 0.314 e. The molecule has 1 heterocycles. The number of aromatic amines is 2. The Balaban J connectivity index is 2.81. The van der Waals surface area contributed by atoms with E-state index < -0.39 is 16.0 Å². The molecule has 0 unspecified atom stereocenters. The van der Waals surface area contributed by atoms with Crippen molar-refractivity contribution in [3.63, 3.8) is 0 Å². The smallest absolute Gasteiger partial charge is 0.314 e. The quantitative estimate of drug-likeness (QED) is 0.471. The van der Waals surface area contributed by atoms with Crippen LogP contribution in [0.15, 0.2) is 21.7 Å². The maximum atomic E-state index is 11.3. The van der Waals surface area contributed by atoms with Crippen molar-refractivity contribution in [3.8, 4) is 0 Å². The minimum Gasteiger partial charge on any atom is -0.316 e. The van der Waals surface area contributed by atoms with Crippen molar-refractivity contribution in [1.29, 1.82) is 0 Å². The van der Waals surface area contributed by atoms with Crippen molar-refractivity contribution in [2.75, 3.05) is 7.05 Å². The molecule has 0 fully saturated rings. The zero-order valence-corrected chi connectivity index (χ0v) is 10.1. The van der Waals surface area contributed by atoms with Crippen LogP contribution in [0.2, 0.25) is 0 Å². The third-order valence-electron chi connectivity index (χ3n) is 2.55. The monoisotopic (exact) mass is 263 g/mol. The summed E-state index contributed by atoms with van der Waals surface area (Å²) in [6.45, 7) is 0.292. The summed E-state index contributed by atoms with van der Waals surface area (Å²) in [5.74, 6) is 0. The standard InChI is InChI=1S/C11H11N4O4/c1-14(2)5-6-3-7(15(18)19)4-8-9(6)13-11(17)10(16)12-8/h3-4H,1,5H2,2H3,(H,12,16)(H,13,17). The molecule has 2 rings (SSSR count). The molecule has 2 N–H and O–H groups in total. The lowest BCUT2D eigenvalue weighted by Gasteiger charge is -2.11. The average molecular weight is 263 g/mol. The third-order valence-corrected chi connectivity index (χ3v) is 2.55. The number of non-ortho nitro benzene ring substituents is 1. The first kappa shape index (κ1) is 13.0. The van der Waals surface area contributed by atoms with E-state index in [0.29, 0.717) is 17.6 Å². The summed E-state index contributed by atoms with van der Waals surface area (Å²) in [5, 5.41) is 10.8. The lowest BCUT2D eigenvalue weighted by molar-refractivity contribution is -0.384. The molecule has 0 atom stereocenters. The second kappa shape index (κ2) is 4.65. The normalized spacial score (nSPS) is 11.1. The van der Waals surface area contributed by atoms with Gasteiger partial charge in [0.25, 0.3) is 5.69 Å². The first-order valence-corrected chi connectivity index (χ1v) is 5.33. The van der Waals surface area contributed by atoms with Crippen LogP contribution in [-0.4, -0.2) is 26.8 Å². The van der Waals surface area contributed by atoms with Crippen molar-refractivity contribution >= 4 is 16.7 Å². The highest BCUT2D eigenvalue weighted by Crippen LogP contribution is 2.22. The van der Waals surface area contributed by atoms with Crippen molar-refractivity contribution in [2.24, 2.45) is 0 Å². The molecule has 0 aliphatic heterocycles. The summed E-state index contributed by atoms with van der Waals surface area (Å²) in [6.07, 6.45) is 0. The molecular formula is C11H11N4O4. The van der Waals surface area contributed by atoms with E-state index in [-0.39, 0.29) is 11.2 Å². The number of nitrogens with one attached hydrogen (secondary N) is 2.